The lowest BCUT2D eigenvalue weighted by Gasteiger charge is -2.59. The molecule has 4 aliphatic carbocycles. The Labute approximate surface area is 193 Å². The summed E-state index contributed by atoms with van der Waals surface area (Å²) in [6.07, 6.45) is 3.26. The van der Waals surface area contributed by atoms with E-state index in [1.165, 1.54) is 0 Å². The number of carbonyl (C=O) groups is 1. The molecule has 3 fully saturated rings. The molecule has 0 spiro atoms. The second-order valence-corrected chi connectivity index (χ2v) is 12.4. The van der Waals surface area contributed by atoms with Gasteiger partial charge in [0.05, 0.1) is 24.4 Å². The summed E-state index contributed by atoms with van der Waals surface area (Å²) in [4.78, 5) is 13.4. The van der Waals surface area contributed by atoms with E-state index in [4.69, 9.17) is 0 Å². The Morgan fingerprint density at radius 3 is 2.31 bits per heavy atom. The third-order valence-corrected chi connectivity index (χ3v) is 10.3. The Bertz CT molecular complexity index is 774. The fourth-order valence-corrected chi connectivity index (χ4v) is 8.30. The van der Waals surface area contributed by atoms with Gasteiger partial charge in [-0.3, -0.25) is 4.79 Å². The van der Waals surface area contributed by atoms with E-state index in [1.807, 2.05) is 13.8 Å². The van der Waals surface area contributed by atoms with Crippen LogP contribution in [0, 0.1) is 40.4 Å². The molecule has 0 bridgehead atoms. The average molecular weight is 449 g/mol. The van der Waals surface area contributed by atoms with Crippen LogP contribution in [-0.4, -0.2) is 50.6 Å². The molecule has 0 radical (unpaired) electrons. The van der Waals surface area contributed by atoms with Crippen molar-refractivity contribution in [2.75, 3.05) is 0 Å². The molecule has 0 aromatic carbocycles. The van der Waals surface area contributed by atoms with Gasteiger partial charge >= 0.3 is 0 Å². The highest BCUT2D eigenvalue weighted by molar-refractivity contribution is 6.00. The second-order valence-electron chi connectivity index (χ2n) is 12.4. The first-order chi connectivity index (χ1) is 14.9. The van der Waals surface area contributed by atoms with Crippen molar-refractivity contribution < 1.29 is 25.2 Å². The van der Waals surface area contributed by atoms with Crippen molar-refractivity contribution >= 4 is 5.78 Å². The molecule has 32 heavy (non-hydrogen) atoms. The van der Waals surface area contributed by atoms with Crippen molar-refractivity contribution in [1.29, 1.82) is 0 Å². The van der Waals surface area contributed by atoms with Crippen molar-refractivity contribution in [3.8, 4) is 0 Å². The summed E-state index contributed by atoms with van der Waals surface area (Å²) in [5, 5.41) is 42.4. The number of hydrogen-bond acceptors (Lipinski definition) is 5. The molecule has 10 unspecified atom stereocenters. The van der Waals surface area contributed by atoms with Gasteiger partial charge in [-0.05, 0) is 79.4 Å². The summed E-state index contributed by atoms with van der Waals surface area (Å²) in [5.74, 6) is 0.988. The molecule has 182 valence electrons. The van der Waals surface area contributed by atoms with Gasteiger partial charge in [0.25, 0.3) is 0 Å². The fourth-order valence-electron chi connectivity index (χ4n) is 8.30. The van der Waals surface area contributed by atoms with E-state index in [2.05, 4.69) is 20.8 Å². The Morgan fingerprint density at radius 1 is 0.969 bits per heavy atom. The van der Waals surface area contributed by atoms with Crippen molar-refractivity contribution in [3.63, 3.8) is 0 Å². The zero-order valence-electron chi connectivity index (χ0n) is 20.6. The highest BCUT2D eigenvalue weighted by Crippen LogP contribution is 2.65. The van der Waals surface area contributed by atoms with E-state index < -0.39 is 18.3 Å². The van der Waals surface area contributed by atoms with Gasteiger partial charge < -0.3 is 20.4 Å². The first-order valence-corrected chi connectivity index (χ1v) is 12.9. The Kier molecular flexibility index (Phi) is 6.46. The number of carbonyl (C=O) groups excluding carboxylic acids is 1. The quantitative estimate of drug-likeness (QED) is 0.515. The normalized spacial score (nSPS) is 46.0. The molecule has 0 aliphatic heterocycles. The van der Waals surface area contributed by atoms with Crippen molar-refractivity contribution in [1.82, 2.24) is 0 Å². The van der Waals surface area contributed by atoms with Gasteiger partial charge in [-0.1, -0.05) is 40.2 Å². The van der Waals surface area contributed by atoms with Crippen LogP contribution in [0.25, 0.3) is 0 Å². The number of allylic oxidation sites excluding steroid dienone is 1. The van der Waals surface area contributed by atoms with Gasteiger partial charge in [0, 0.05) is 17.9 Å². The third kappa shape index (κ3) is 3.62. The molecule has 0 aromatic rings. The van der Waals surface area contributed by atoms with E-state index in [0.29, 0.717) is 25.2 Å². The zero-order chi connectivity index (χ0) is 23.6. The van der Waals surface area contributed by atoms with Gasteiger partial charge in [0.15, 0.2) is 5.78 Å². The maximum Gasteiger partial charge on any atom is 0.159 e. The standard InChI is InChI=1S/C27H44O5/c1-14(2)19(28)7-6-15(3)18-13-22(31)23-16-12-21(30)24-25(32)20(29)9-11-26(24,4)17(16)8-10-27(18,23)5/h14-15,17-21,24-25,28-30,32H,6-13H2,1-5H3. The number of aliphatic hydroxyl groups excluding tert-OH is 4. The monoisotopic (exact) mass is 448 g/mol. The molecule has 10 atom stereocenters. The second kappa shape index (κ2) is 8.48. The number of Topliss-reactive ketones (excluding diaryl/α,β-unsaturated/α-hetero) is 1. The predicted molar refractivity (Wildman–Crippen MR) is 124 cm³/mol. The van der Waals surface area contributed by atoms with Crippen LogP contribution in [0.3, 0.4) is 0 Å². The molecular weight excluding hydrogens is 404 g/mol. The van der Waals surface area contributed by atoms with Crippen molar-refractivity contribution in [2.24, 2.45) is 40.4 Å². The van der Waals surface area contributed by atoms with Crippen LogP contribution in [0.1, 0.15) is 86.0 Å². The average Bonchev–Trinajstić information content (AvgIpc) is 2.99. The molecule has 0 heterocycles. The van der Waals surface area contributed by atoms with E-state index >= 15 is 0 Å². The van der Waals surface area contributed by atoms with Crippen LogP contribution in [0.2, 0.25) is 0 Å². The van der Waals surface area contributed by atoms with Crippen molar-refractivity contribution in [2.45, 2.75) is 110 Å². The third-order valence-electron chi connectivity index (χ3n) is 10.3. The van der Waals surface area contributed by atoms with E-state index in [0.717, 1.165) is 43.3 Å². The summed E-state index contributed by atoms with van der Waals surface area (Å²) in [7, 11) is 0. The summed E-state index contributed by atoms with van der Waals surface area (Å²) in [5.41, 5.74) is 1.68. The van der Waals surface area contributed by atoms with E-state index in [-0.39, 0.29) is 46.4 Å². The molecule has 4 aliphatic rings. The number of fused-ring (bicyclic) bond motifs is 4. The van der Waals surface area contributed by atoms with Gasteiger partial charge in [-0.15, -0.1) is 0 Å². The van der Waals surface area contributed by atoms with E-state index in [1.54, 1.807) is 0 Å². The molecule has 4 N–H and O–H groups in total. The van der Waals surface area contributed by atoms with Crippen LogP contribution < -0.4 is 0 Å². The lowest BCUT2D eigenvalue weighted by atomic mass is 9.47. The molecule has 0 saturated heterocycles. The lowest BCUT2D eigenvalue weighted by molar-refractivity contribution is -0.166. The van der Waals surface area contributed by atoms with Crippen LogP contribution >= 0.6 is 0 Å². The molecule has 0 amide bonds. The highest BCUT2D eigenvalue weighted by Gasteiger charge is 2.61. The van der Waals surface area contributed by atoms with Gasteiger partial charge in [-0.2, -0.15) is 0 Å². The molecular formula is C27H44O5. The van der Waals surface area contributed by atoms with E-state index in [9.17, 15) is 25.2 Å². The molecule has 5 nitrogen and oxygen atoms in total. The lowest BCUT2D eigenvalue weighted by Crippen LogP contribution is -2.59. The zero-order valence-corrected chi connectivity index (χ0v) is 20.6. The molecule has 3 saturated carbocycles. The van der Waals surface area contributed by atoms with Gasteiger partial charge in [0.2, 0.25) is 0 Å². The van der Waals surface area contributed by atoms with Crippen LogP contribution in [0.15, 0.2) is 11.1 Å². The number of aliphatic hydroxyl groups is 4. The summed E-state index contributed by atoms with van der Waals surface area (Å²) < 4.78 is 0. The van der Waals surface area contributed by atoms with Gasteiger partial charge in [0.1, 0.15) is 0 Å². The minimum absolute atomic E-state index is 0.166. The Balaban J connectivity index is 1.64. The smallest absolute Gasteiger partial charge is 0.159 e. The number of rotatable bonds is 5. The Morgan fingerprint density at radius 2 is 1.66 bits per heavy atom. The molecule has 4 rings (SSSR count). The molecule has 5 heteroatoms. The summed E-state index contributed by atoms with van der Waals surface area (Å²) in [6.45, 7) is 10.8. The number of hydrogen-bond donors (Lipinski definition) is 4. The minimum Gasteiger partial charge on any atom is -0.393 e. The summed E-state index contributed by atoms with van der Waals surface area (Å²) in [6, 6.07) is 0. The van der Waals surface area contributed by atoms with Crippen LogP contribution in [-0.2, 0) is 4.79 Å². The highest BCUT2D eigenvalue weighted by atomic mass is 16.3. The van der Waals surface area contributed by atoms with Crippen LogP contribution in [0.4, 0.5) is 0 Å². The maximum atomic E-state index is 13.4. The first-order valence-electron chi connectivity index (χ1n) is 12.9. The summed E-state index contributed by atoms with van der Waals surface area (Å²) >= 11 is 0. The minimum atomic E-state index is -0.900. The van der Waals surface area contributed by atoms with Crippen molar-refractivity contribution in [3.05, 3.63) is 11.1 Å². The van der Waals surface area contributed by atoms with Gasteiger partial charge in [-0.25, -0.2) is 0 Å². The SMILES string of the molecule is CC(C)C(O)CCC(C)C1CC(=O)C2=C3CC(O)C4C(O)C(O)CCC4(C)C3CCC21C. The molecule has 0 aromatic heterocycles. The fraction of sp³-hybridized carbons (Fsp3) is 0.889. The van der Waals surface area contributed by atoms with Crippen LogP contribution in [0.5, 0.6) is 0 Å². The first kappa shape index (κ1) is 24.4. The number of ketones is 1. The maximum absolute atomic E-state index is 13.4. The Hall–Kier alpha value is -0.750. The predicted octanol–water partition coefficient (Wildman–Crippen LogP) is 3.62. The largest absolute Gasteiger partial charge is 0.393 e. The topological polar surface area (TPSA) is 98.0 Å².